The van der Waals surface area contributed by atoms with Crippen molar-refractivity contribution in [2.45, 2.75) is 38.4 Å². The Morgan fingerprint density at radius 1 is 1.38 bits per heavy atom. The summed E-state index contributed by atoms with van der Waals surface area (Å²) in [6, 6.07) is 3.72. The summed E-state index contributed by atoms with van der Waals surface area (Å²) in [4.78, 5) is 23.8. The van der Waals surface area contributed by atoms with E-state index in [1.807, 2.05) is 0 Å². The van der Waals surface area contributed by atoms with Crippen molar-refractivity contribution in [2.24, 2.45) is 11.8 Å². The first-order chi connectivity index (χ1) is 12.2. The van der Waals surface area contributed by atoms with Gasteiger partial charge >= 0.3 is 12.1 Å². The highest BCUT2D eigenvalue weighted by atomic mass is 19.4. The maximum Gasteiger partial charge on any atom is 0.416 e. The predicted octanol–water partition coefficient (Wildman–Crippen LogP) is 2.88. The molecule has 2 rings (SSSR count). The Balaban J connectivity index is 2.01. The number of carboxylic acid groups (broad SMARTS) is 1. The Kier molecular flexibility index (Phi) is 6.63. The van der Waals surface area contributed by atoms with Gasteiger partial charge in [0.25, 0.3) is 0 Å². The lowest BCUT2D eigenvalue weighted by atomic mass is 9.92. The highest BCUT2D eigenvalue weighted by molar-refractivity contribution is 5.85. The summed E-state index contributed by atoms with van der Waals surface area (Å²) in [5, 5.41) is 11.9. The second-order valence-corrected chi connectivity index (χ2v) is 6.61. The zero-order chi connectivity index (χ0) is 19.3. The molecule has 3 unspecified atom stereocenters. The molecule has 1 fully saturated rings. The number of carboxylic acids is 1. The Morgan fingerprint density at radius 3 is 2.69 bits per heavy atom. The van der Waals surface area contributed by atoms with E-state index in [0.29, 0.717) is 18.6 Å². The first-order valence-corrected chi connectivity index (χ1v) is 8.45. The van der Waals surface area contributed by atoms with Crippen LogP contribution in [0.5, 0.6) is 0 Å². The van der Waals surface area contributed by atoms with Crippen LogP contribution in [0.4, 0.5) is 13.2 Å². The van der Waals surface area contributed by atoms with Crippen LogP contribution < -0.4 is 5.32 Å². The van der Waals surface area contributed by atoms with Crippen LogP contribution >= 0.6 is 0 Å². The standard InChI is InChI=1S/C18H22F3NO4/c1-11(8-12-4-2-6-14(9-12)18(19,20)21)16(23)22-15(17(24)25)13-5-3-7-26-10-13/h2,4,6,9,11,13,15H,3,5,7-8,10H2,1H3,(H,22,23)(H,24,25). The number of amides is 1. The number of carbonyl (C=O) groups excluding carboxylic acids is 1. The highest BCUT2D eigenvalue weighted by Crippen LogP contribution is 2.30. The number of aliphatic carboxylic acids is 1. The molecule has 3 atom stereocenters. The largest absolute Gasteiger partial charge is 0.480 e. The van der Waals surface area contributed by atoms with Crippen LogP contribution in [0.2, 0.25) is 0 Å². The summed E-state index contributed by atoms with van der Waals surface area (Å²) in [7, 11) is 0. The van der Waals surface area contributed by atoms with Crippen molar-refractivity contribution in [3.8, 4) is 0 Å². The Bertz CT molecular complexity index is 642. The summed E-state index contributed by atoms with van der Waals surface area (Å²) in [5.41, 5.74) is -0.402. The van der Waals surface area contributed by atoms with Crippen LogP contribution in [-0.2, 0) is 26.9 Å². The third-order valence-corrected chi connectivity index (χ3v) is 4.47. The van der Waals surface area contributed by atoms with Crippen LogP contribution in [0.1, 0.15) is 30.9 Å². The SMILES string of the molecule is CC(Cc1cccc(C(F)(F)F)c1)C(=O)NC(C(=O)O)C1CCCOC1. The monoisotopic (exact) mass is 373 g/mol. The highest BCUT2D eigenvalue weighted by Gasteiger charge is 2.33. The molecule has 1 heterocycles. The molecule has 0 radical (unpaired) electrons. The van der Waals surface area contributed by atoms with Crippen molar-refractivity contribution in [2.75, 3.05) is 13.2 Å². The fourth-order valence-electron chi connectivity index (χ4n) is 3.03. The van der Waals surface area contributed by atoms with Crippen LogP contribution in [0.15, 0.2) is 24.3 Å². The number of rotatable bonds is 6. The zero-order valence-electron chi connectivity index (χ0n) is 14.4. The number of alkyl halides is 3. The molecule has 0 bridgehead atoms. The smallest absolute Gasteiger partial charge is 0.416 e. The van der Waals surface area contributed by atoms with E-state index in [9.17, 15) is 27.9 Å². The van der Waals surface area contributed by atoms with Gasteiger partial charge in [0.2, 0.25) is 5.91 Å². The van der Waals surface area contributed by atoms with E-state index < -0.39 is 35.6 Å². The zero-order valence-corrected chi connectivity index (χ0v) is 14.4. The van der Waals surface area contributed by atoms with Crippen molar-refractivity contribution >= 4 is 11.9 Å². The van der Waals surface area contributed by atoms with Crippen molar-refractivity contribution < 1.29 is 32.6 Å². The number of halogens is 3. The second kappa shape index (κ2) is 8.53. The lowest BCUT2D eigenvalue weighted by Gasteiger charge is -2.29. The molecule has 1 aliphatic rings. The normalized spacial score (nSPS) is 20.2. The summed E-state index contributed by atoms with van der Waals surface area (Å²) in [6.07, 6.45) is -3.00. The van der Waals surface area contributed by atoms with Gasteiger partial charge in [0.05, 0.1) is 12.2 Å². The molecule has 1 saturated heterocycles. The van der Waals surface area contributed by atoms with Crippen LogP contribution in [0.25, 0.3) is 0 Å². The summed E-state index contributed by atoms with van der Waals surface area (Å²) < 4.78 is 43.6. The van der Waals surface area contributed by atoms with Gasteiger partial charge in [-0.05, 0) is 30.9 Å². The average molecular weight is 373 g/mol. The molecular weight excluding hydrogens is 351 g/mol. The first-order valence-electron chi connectivity index (χ1n) is 8.45. The van der Waals surface area contributed by atoms with Gasteiger partial charge in [0.1, 0.15) is 6.04 Å². The van der Waals surface area contributed by atoms with Gasteiger partial charge in [-0.3, -0.25) is 4.79 Å². The summed E-state index contributed by atoms with van der Waals surface area (Å²) in [5.74, 6) is -2.61. The van der Waals surface area contributed by atoms with Gasteiger partial charge < -0.3 is 15.2 Å². The van der Waals surface area contributed by atoms with Crippen LogP contribution in [0, 0.1) is 11.8 Å². The third-order valence-electron chi connectivity index (χ3n) is 4.47. The fourth-order valence-corrected chi connectivity index (χ4v) is 3.03. The predicted molar refractivity (Wildman–Crippen MR) is 87.4 cm³/mol. The van der Waals surface area contributed by atoms with E-state index in [2.05, 4.69) is 5.32 Å². The Hall–Kier alpha value is -2.09. The molecule has 0 aliphatic carbocycles. The first kappa shape index (κ1) is 20.2. The van der Waals surface area contributed by atoms with Crippen LogP contribution in [-0.4, -0.2) is 36.2 Å². The molecule has 0 aromatic heterocycles. The minimum atomic E-state index is -4.45. The van der Waals surface area contributed by atoms with Crippen molar-refractivity contribution in [3.05, 3.63) is 35.4 Å². The molecule has 2 N–H and O–H groups in total. The second-order valence-electron chi connectivity index (χ2n) is 6.61. The molecule has 8 heteroatoms. The maximum atomic E-state index is 12.8. The van der Waals surface area contributed by atoms with E-state index in [4.69, 9.17) is 4.74 Å². The third kappa shape index (κ3) is 5.45. The van der Waals surface area contributed by atoms with E-state index in [1.54, 1.807) is 6.92 Å². The molecule has 144 valence electrons. The molecule has 1 amide bonds. The fraction of sp³-hybridized carbons (Fsp3) is 0.556. The van der Waals surface area contributed by atoms with Gasteiger partial charge in [-0.25, -0.2) is 4.79 Å². The molecule has 1 aromatic rings. The number of hydrogen-bond donors (Lipinski definition) is 2. The Morgan fingerprint density at radius 2 is 2.12 bits per heavy atom. The van der Waals surface area contributed by atoms with Crippen molar-refractivity contribution in [3.63, 3.8) is 0 Å². The van der Waals surface area contributed by atoms with Gasteiger partial charge in [-0.2, -0.15) is 13.2 Å². The van der Waals surface area contributed by atoms with E-state index in [1.165, 1.54) is 12.1 Å². The molecular formula is C18H22F3NO4. The van der Waals surface area contributed by atoms with E-state index >= 15 is 0 Å². The quantitative estimate of drug-likeness (QED) is 0.804. The minimum Gasteiger partial charge on any atom is -0.480 e. The number of nitrogens with one attached hydrogen (secondary N) is 1. The van der Waals surface area contributed by atoms with Gasteiger partial charge in [0, 0.05) is 18.4 Å². The number of ether oxygens (including phenoxy) is 1. The number of benzene rings is 1. The summed E-state index contributed by atoms with van der Waals surface area (Å²) >= 11 is 0. The Labute approximate surface area is 149 Å². The maximum absolute atomic E-state index is 12.8. The van der Waals surface area contributed by atoms with Crippen LogP contribution in [0.3, 0.4) is 0 Å². The van der Waals surface area contributed by atoms with E-state index in [0.717, 1.165) is 18.6 Å². The molecule has 1 aromatic carbocycles. The van der Waals surface area contributed by atoms with E-state index in [-0.39, 0.29) is 18.9 Å². The van der Waals surface area contributed by atoms with Gasteiger partial charge in [-0.15, -0.1) is 0 Å². The number of hydrogen-bond acceptors (Lipinski definition) is 3. The van der Waals surface area contributed by atoms with Crippen molar-refractivity contribution in [1.29, 1.82) is 0 Å². The molecule has 0 saturated carbocycles. The molecule has 0 spiro atoms. The molecule has 5 nitrogen and oxygen atoms in total. The summed E-state index contributed by atoms with van der Waals surface area (Å²) in [6.45, 7) is 2.40. The lowest BCUT2D eigenvalue weighted by molar-refractivity contribution is -0.145. The minimum absolute atomic E-state index is 0.0866. The molecule has 1 aliphatic heterocycles. The average Bonchev–Trinajstić information content (AvgIpc) is 2.59. The lowest BCUT2D eigenvalue weighted by Crippen LogP contribution is -2.50. The number of carbonyl (C=O) groups is 2. The van der Waals surface area contributed by atoms with Gasteiger partial charge in [0.15, 0.2) is 0 Å². The topological polar surface area (TPSA) is 75.6 Å². The van der Waals surface area contributed by atoms with Crippen molar-refractivity contribution in [1.82, 2.24) is 5.32 Å². The molecule has 26 heavy (non-hydrogen) atoms. The van der Waals surface area contributed by atoms with Gasteiger partial charge in [-0.1, -0.05) is 25.1 Å².